The number of aromatic carboxylic acids is 1. The Morgan fingerprint density at radius 2 is 2.21 bits per heavy atom. The summed E-state index contributed by atoms with van der Waals surface area (Å²) < 4.78 is 5.39. The first-order chi connectivity index (χ1) is 8.97. The summed E-state index contributed by atoms with van der Waals surface area (Å²) in [6.45, 7) is 2.18. The molecule has 0 saturated heterocycles. The molecule has 19 heavy (non-hydrogen) atoms. The maximum atomic E-state index is 11.2. The summed E-state index contributed by atoms with van der Waals surface area (Å²) >= 11 is 6.01. The van der Waals surface area contributed by atoms with Gasteiger partial charge in [0.1, 0.15) is 11.5 Å². The van der Waals surface area contributed by atoms with Crippen LogP contribution in [0.25, 0.3) is 0 Å². The molecule has 0 fully saturated rings. The van der Waals surface area contributed by atoms with Crippen molar-refractivity contribution in [2.24, 2.45) is 0 Å². The Hall–Kier alpha value is -2.14. The van der Waals surface area contributed by atoms with Gasteiger partial charge in [0.05, 0.1) is 22.8 Å². The van der Waals surface area contributed by atoms with Gasteiger partial charge in [-0.25, -0.2) is 4.79 Å². The number of aryl methyl sites for hydroxylation is 1. The molecule has 2 rings (SSSR count). The number of benzene rings is 1. The lowest BCUT2D eigenvalue weighted by molar-refractivity contribution is 0.0698. The molecule has 0 saturated carbocycles. The molecule has 0 atom stereocenters. The SMILES string of the molecule is Cc1ccc(CNc2c(Cl)cc(N)cc2C(=O)O)o1. The number of carboxylic acid groups (broad SMARTS) is 1. The van der Waals surface area contributed by atoms with E-state index < -0.39 is 5.97 Å². The normalized spacial score (nSPS) is 10.4. The van der Waals surface area contributed by atoms with E-state index in [1.807, 2.05) is 19.1 Å². The van der Waals surface area contributed by atoms with Gasteiger partial charge in [-0.3, -0.25) is 0 Å². The van der Waals surface area contributed by atoms with Gasteiger partial charge in [-0.2, -0.15) is 0 Å². The highest BCUT2D eigenvalue weighted by molar-refractivity contribution is 6.34. The number of hydrogen-bond donors (Lipinski definition) is 3. The molecule has 0 amide bonds. The van der Waals surface area contributed by atoms with Crippen molar-refractivity contribution in [3.63, 3.8) is 0 Å². The van der Waals surface area contributed by atoms with Crippen LogP contribution in [0.2, 0.25) is 5.02 Å². The fraction of sp³-hybridized carbons (Fsp3) is 0.154. The number of rotatable bonds is 4. The number of carbonyl (C=O) groups is 1. The highest BCUT2D eigenvalue weighted by Crippen LogP contribution is 2.29. The number of halogens is 1. The third-order valence-electron chi connectivity index (χ3n) is 2.58. The molecule has 0 spiro atoms. The quantitative estimate of drug-likeness (QED) is 0.749. The molecule has 1 aromatic heterocycles. The van der Waals surface area contributed by atoms with Crippen LogP contribution in [0.5, 0.6) is 0 Å². The second-order valence-electron chi connectivity index (χ2n) is 4.10. The maximum Gasteiger partial charge on any atom is 0.337 e. The Bertz CT molecular complexity index is 622. The minimum atomic E-state index is -1.09. The summed E-state index contributed by atoms with van der Waals surface area (Å²) in [7, 11) is 0. The van der Waals surface area contributed by atoms with Crippen LogP contribution in [0.3, 0.4) is 0 Å². The van der Waals surface area contributed by atoms with Crippen LogP contribution in [-0.2, 0) is 6.54 Å². The van der Waals surface area contributed by atoms with E-state index in [9.17, 15) is 4.79 Å². The Morgan fingerprint density at radius 3 is 2.79 bits per heavy atom. The van der Waals surface area contributed by atoms with Crippen molar-refractivity contribution in [3.8, 4) is 0 Å². The number of carboxylic acids is 1. The van der Waals surface area contributed by atoms with E-state index in [2.05, 4.69) is 5.32 Å². The first-order valence-electron chi connectivity index (χ1n) is 5.59. The van der Waals surface area contributed by atoms with E-state index in [0.29, 0.717) is 23.7 Å². The molecule has 100 valence electrons. The molecular weight excluding hydrogens is 268 g/mol. The molecule has 5 nitrogen and oxygen atoms in total. The summed E-state index contributed by atoms with van der Waals surface area (Å²) in [5, 5.41) is 12.4. The van der Waals surface area contributed by atoms with E-state index in [-0.39, 0.29) is 10.6 Å². The van der Waals surface area contributed by atoms with Gasteiger partial charge in [-0.15, -0.1) is 0 Å². The van der Waals surface area contributed by atoms with Crippen LogP contribution in [0.4, 0.5) is 11.4 Å². The third-order valence-corrected chi connectivity index (χ3v) is 2.88. The fourth-order valence-electron chi connectivity index (χ4n) is 1.73. The highest BCUT2D eigenvalue weighted by Gasteiger charge is 2.15. The third kappa shape index (κ3) is 3.00. The van der Waals surface area contributed by atoms with E-state index >= 15 is 0 Å². The van der Waals surface area contributed by atoms with Gasteiger partial charge in [0.15, 0.2) is 0 Å². The first kappa shape index (κ1) is 13.3. The Balaban J connectivity index is 2.26. The largest absolute Gasteiger partial charge is 0.478 e. The van der Waals surface area contributed by atoms with E-state index in [4.69, 9.17) is 26.9 Å². The molecule has 0 bridgehead atoms. The highest BCUT2D eigenvalue weighted by atomic mass is 35.5. The minimum absolute atomic E-state index is 0.0354. The molecule has 4 N–H and O–H groups in total. The van der Waals surface area contributed by atoms with Crippen LogP contribution >= 0.6 is 11.6 Å². The molecule has 1 aromatic carbocycles. The number of hydrogen-bond acceptors (Lipinski definition) is 4. The van der Waals surface area contributed by atoms with Gasteiger partial charge in [0.2, 0.25) is 0 Å². The standard InChI is InChI=1S/C13H13ClN2O3/c1-7-2-3-9(19-7)6-16-12-10(13(17)18)4-8(15)5-11(12)14/h2-5,16H,6,15H2,1H3,(H,17,18). The monoisotopic (exact) mass is 280 g/mol. The van der Waals surface area contributed by atoms with Gasteiger partial charge in [-0.05, 0) is 31.2 Å². The Morgan fingerprint density at radius 1 is 1.47 bits per heavy atom. The maximum absolute atomic E-state index is 11.2. The molecule has 0 aliphatic rings. The molecule has 1 heterocycles. The first-order valence-corrected chi connectivity index (χ1v) is 5.96. The number of nitrogens with two attached hydrogens (primary N) is 1. The Labute approximate surface area is 115 Å². The van der Waals surface area contributed by atoms with Crippen molar-refractivity contribution < 1.29 is 14.3 Å². The van der Waals surface area contributed by atoms with Gasteiger partial charge in [0, 0.05) is 5.69 Å². The summed E-state index contributed by atoms with van der Waals surface area (Å²) in [4.78, 5) is 11.2. The molecule has 0 radical (unpaired) electrons. The van der Waals surface area contributed by atoms with Gasteiger partial charge >= 0.3 is 5.97 Å². The van der Waals surface area contributed by atoms with Gasteiger partial charge in [-0.1, -0.05) is 11.6 Å². The van der Waals surface area contributed by atoms with Crippen LogP contribution in [-0.4, -0.2) is 11.1 Å². The molecule has 2 aromatic rings. The molecular formula is C13H13ClN2O3. The van der Waals surface area contributed by atoms with Crippen LogP contribution in [0.15, 0.2) is 28.7 Å². The van der Waals surface area contributed by atoms with Gasteiger partial charge < -0.3 is 20.6 Å². The van der Waals surface area contributed by atoms with Crippen LogP contribution in [0.1, 0.15) is 21.9 Å². The summed E-state index contributed by atoms with van der Waals surface area (Å²) in [6.07, 6.45) is 0. The summed E-state index contributed by atoms with van der Waals surface area (Å²) in [6, 6.07) is 6.52. The Kier molecular flexibility index (Phi) is 3.66. The van der Waals surface area contributed by atoms with Crippen LogP contribution < -0.4 is 11.1 Å². The zero-order valence-electron chi connectivity index (χ0n) is 10.2. The number of nitrogen functional groups attached to an aromatic ring is 1. The van der Waals surface area contributed by atoms with Crippen molar-refractivity contribution in [2.75, 3.05) is 11.1 Å². The zero-order valence-corrected chi connectivity index (χ0v) is 11.0. The lowest BCUT2D eigenvalue weighted by atomic mass is 10.1. The van der Waals surface area contributed by atoms with Crippen molar-refractivity contribution in [1.82, 2.24) is 0 Å². The second-order valence-corrected chi connectivity index (χ2v) is 4.50. The predicted molar refractivity (Wildman–Crippen MR) is 73.6 cm³/mol. The summed E-state index contributed by atoms with van der Waals surface area (Å²) in [5.41, 5.74) is 6.26. The predicted octanol–water partition coefficient (Wildman–Crippen LogP) is 3.13. The average molecular weight is 281 g/mol. The number of anilines is 2. The number of furan rings is 1. The molecule has 0 aliphatic carbocycles. The van der Waals surface area contributed by atoms with Crippen molar-refractivity contribution >= 4 is 28.9 Å². The minimum Gasteiger partial charge on any atom is -0.478 e. The van der Waals surface area contributed by atoms with E-state index in [1.54, 1.807) is 0 Å². The van der Waals surface area contributed by atoms with Gasteiger partial charge in [0.25, 0.3) is 0 Å². The summed E-state index contributed by atoms with van der Waals surface area (Å²) in [5.74, 6) is 0.396. The van der Waals surface area contributed by atoms with Crippen molar-refractivity contribution in [2.45, 2.75) is 13.5 Å². The topological polar surface area (TPSA) is 88.5 Å². The van der Waals surface area contributed by atoms with E-state index in [0.717, 1.165) is 5.76 Å². The molecule has 0 unspecified atom stereocenters. The second kappa shape index (κ2) is 5.24. The fourth-order valence-corrected chi connectivity index (χ4v) is 2.03. The van der Waals surface area contributed by atoms with E-state index in [1.165, 1.54) is 12.1 Å². The average Bonchev–Trinajstić information content (AvgIpc) is 2.73. The molecule has 0 aliphatic heterocycles. The van der Waals surface area contributed by atoms with Crippen molar-refractivity contribution in [3.05, 3.63) is 46.4 Å². The zero-order chi connectivity index (χ0) is 14.0. The smallest absolute Gasteiger partial charge is 0.337 e. The lowest BCUT2D eigenvalue weighted by Gasteiger charge is -2.11. The number of nitrogens with one attached hydrogen (secondary N) is 1. The van der Waals surface area contributed by atoms with Crippen LogP contribution in [0, 0.1) is 6.92 Å². The van der Waals surface area contributed by atoms with Crippen molar-refractivity contribution in [1.29, 1.82) is 0 Å². The molecule has 6 heteroatoms. The lowest BCUT2D eigenvalue weighted by Crippen LogP contribution is -2.07.